The van der Waals surface area contributed by atoms with E-state index in [2.05, 4.69) is 10.3 Å². The number of hydrogen-bond acceptors (Lipinski definition) is 9. The van der Waals surface area contributed by atoms with Crippen LogP contribution in [0.5, 0.6) is 0 Å². The van der Waals surface area contributed by atoms with Crippen LogP contribution >= 0.6 is 11.3 Å². The highest BCUT2D eigenvalue weighted by molar-refractivity contribution is 7.89. The van der Waals surface area contributed by atoms with Crippen LogP contribution in [0.1, 0.15) is 46.6 Å². The molecule has 174 valence electrons. The summed E-state index contributed by atoms with van der Waals surface area (Å²) in [6, 6.07) is 5.46. The Morgan fingerprint density at radius 3 is 2.31 bits per heavy atom. The van der Waals surface area contributed by atoms with Gasteiger partial charge in [-0.25, -0.2) is 18.2 Å². The Balaban J connectivity index is 1.86. The zero-order chi connectivity index (χ0) is 23.7. The van der Waals surface area contributed by atoms with Crippen molar-refractivity contribution in [2.45, 2.75) is 32.3 Å². The molecule has 0 bridgehead atoms. The van der Waals surface area contributed by atoms with Crippen molar-refractivity contribution < 1.29 is 32.3 Å². The molecule has 0 aliphatic carbocycles. The first-order chi connectivity index (χ1) is 15.2. The molecule has 0 atom stereocenters. The number of nitrogens with one attached hydrogen (secondary N) is 1. The molecule has 0 spiro atoms. The molecule has 12 heteroatoms. The van der Waals surface area contributed by atoms with E-state index in [1.54, 1.807) is 26.2 Å². The molecule has 1 aromatic heterocycles. The Labute approximate surface area is 190 Å². The molecule has 10 nitrogen and oxygen atoms in total. The minimum Gasteiger partial charge on any atom is -0.461 e. The van der Waals surface area contributed by atoms with Gasteiger partial charge in [0.1, 0.15) is 13.2 Å². The monoisotopic (exact) mass is 483 g/mol. The quantitative estimate of drug-likeness (QED) is 0.479. The van der Waals surface area contributed by atoms with Gasteiger partial charge in [-0.2, -0.15) is 4.31 Å². The van der Waals surface area contributed by atoms with Crippen molar-refractivity contribution in [2.24, 2.45) is 0 Å². The minimum atomic E-state index is -3.62. The number of carbonyl (C=O) groups is 3. The smallest absolute Gasteiger partial charge is 0.367 e. The van der Waals surface area contributed by atoms with Gasteiger partial charge in [-0.05, 0) is 31.2 Å². The van der Waals surface area contributed by atoms with Gasteiger partial charge >= 0.3 is 11.9 Å². The van der Waals surface area contributed by atoms with E-state index in [4.69, 9.17) is 9.47 Å². The number of rotatable bonds is 11. The van der Waals surface area contributed by atoms with Crippen LogP contribution in [0.15, 0.2) is 34.5 Å². The van der Waals surface area contributed by atoms with E-state index in [-0.39, 0.29) is 35.2 Å². The van der Waals surface area contributed by atoms with Gasteiger partial charge in [-0.15, -0.1) is 11.3 Å². The molecule has 0 radical (unpaired) electrons. The van der Waals surface area contributed by atoms with Crippen LogP contribution in [0.25, 0.3) is 0 Å². The van der Waals surface area contributed by atoms with Gasteiger partial charge in [-0.3, -0.25) is 9.59 Å². The minimum absolute atomic E-state index is 0.0858. The average Bonchev–Trinajstić information content (AvgIpc) is 3.26. The lowest BCUT2D eigenvalue weighted by molar-refractivity contribution is -0.143. The maximum absolute atomic E-state index is 12.5. The summed E-state index contributed by atoms with van der Waals surface area (Å²) in [6.07, 6.45) is 0. The normalized spacial score (nSPS) is 11.2. The second-order valence-electron chi connectivity index (χ2n) is 6.32. The van der Waals surface area contributed by atoms with Crippen molar-refractivity contribution in [1.82, 2.24) is 14.6 Å². The van der Waals surface area contributed by atoms with Gasteiger partial charge in [0, 0.05) is 24.0 Å². The van der Waals surface area contributed by atoms with E-state index in [0.29, 0.717) is 18.8 Å². The molecule has 2 rings (SSSR count). The maximum Gasteiger partial charge on any atom is 0.367 e. The number of sulfonamides is 1. The molecular weight excluding hydrogens is 458 g/mol. The highest BCUT2D eigenvalue weighted by atomic mass is 32.2. The molecule has 0 aliphatic rings. The molecule has 0 aliphatic heterocycles. The molecule has 1 aromatic carbocycles. The fourth-order valence-corrected chi connectivity index (χ4v) is 4.76. The van der Waals surface area contributed by atoms with Crippen molar-refractivity contribution >= 4 is 39.2 Å². The van der Waals surface area contributed by atoms with E-state index in [1.807, 2.05) is 0 Å². The molecule has 1 heterocycles. The van der Waals surface area contributed by atoms with Crippen molar-refractivity contribution in [3.63, 3.8) is 0 Å². The Morgan fingerprint density at radius 1 is 1.06 bits per heavy atom. The summed E-state index contributed by atoms with van der Waals surface area (Å²) in [4.78, 5) is 39.8. The van der Waals surface area contributed by atoms with Crippen LogP contribution in [-0.2, 0) is 30.9 Å². The second kappa shape index (κ2) is 11.7. The van der Waals surface area contributed by atoms with Crippen LogP contribution in [0.4, 0.5) is 0 Å². The lowest BCUT2D eigenvalue weighted by Gasteiger charge is -2.18. The predicted octanol–water partition coefficient (Wildman–Crippen LogP) is 1.82. The fraction of sp³-hybridized carbons (Fsp3) is 0.400. The number of aromatic nitrogens is 1. The van der Waals surface area contributed by atoms with E-state index in [0.717, 1.165) is 11.3 Å². The zero-order valence-corrected chi connectivity index (χ0v) is 19.6. The molecule has 0 saturated carbocycles. The van der Waals surface area contributed by atoms with Gasteiger partial charge in [0.15, 0.2) is 0 Å². The van der Waals surface area contributed by atoms with Gasteiger partial charge < -0.3 is 14.8 Å². The SMILES string of the molecule is CCOC(=O)c1nc(COC(=O)CNC(=O)c2ccc(S(=O)(=O)N(CC)CC)cc2)cs1. The van der Waals surface area contributed by atoms with Crippen molar-refractivity contribution in [3.05, 3.63) is 45.9 Å². The van der Waals surface area contributed by atoms with Gasteiger partial charge in [0.2, 0.25) is 15.0 Å². The lowest BCUT2D eigenvalue weighted by Crippen LogP contribution is -2.31. The van der Waals surface area contributed by atoms with E-state index < -0.39 is 27.9 Å². The topological polar surface area (TPSA) is 132 Å². The standard InChI is InChI=1S/C20H25N3O7S2/c1-4-23(5-2)32(27,28)16-9-7-14(8-10-16)18(25)21-11-17(24)30-12-15-13-31-19(22-15)20(26)29-6-3/h7-10,13H,4-6,11-12H2,1-3H3,(H,21,25). The van der Waals surface area contributed by atoms with E-state index >= 15 is 0 Å². The molecule has 32 heavy (non-hydrogen) atoms. The number of hydrogen-bond donors (Lipinski definition) is 1. The van der Waals surface area contributed by atoms with Crippen LogP contribution in [0, 0.1) is 0 Å². The van der Waals surface area contributed by atoms with Gasteiger partial charge in [-0.1, -0.05) is 13.8 Å². The largest absolute Gasteiger partial charge is 0.461 e. The van der Waals surface area contributed by atoms with E-state index in [1.165, 1.54) is 28.6 Å². The number of esters is 2. The first-order valence-corrected chi connectivity index (χ1v) is 12.2. The van der Waals surface area contributed by atoms with E-state index in [9.17, 15) is 22.8 Å². The van der Waals surface area contributed by atoms with Crippen molar-refractivity contribution in [2.75, 3.05) is 26.2 Å². The molecule has 1 amide bonds. The van der Waals surface area contributed by atoms with Crippen LogP contribution in [-0.4, -0.2) is 61.8 Å². The predicted molar refractivity (Wildman–Crippen MR) is 117 cm³/mol. The maximum atomic E-state index is 12.5. The van der Waals surface area contributed by atoms with Crippen molar-refractivity contribution in [1.29, 1.82) is 0 Å². The highest BCUT2D eigenvalue weighted by Gasteiger charge is 2.22. The summed E-state index contributed by atoms with van der Waals surface area (Å²) in [5, 5.41) is 4.15. The second-order valence-corrected chi connectivity index (χ2v) is 9.12. The summed E-state index contributed by atoms with van der Waals surface area (Å²) in [5.74, 6) is -1.78. The number of thiazole rings is 1. The summed E-state index contributed by atoms with van der Waals surface area (Å²) < 4.78 is 36.2. The summed E-state index contributed by atoms with van der Waals surface area (Å²) >= 11 is 1.08. The first kappa shape index (κ1) is 25.4. The first-order valence-electron chi connectivity index (χ1n) is 9.88. The Kier molecular flexibility index (Phi) is 9.29. The molecule has 0 unspecified atom stereocenters. The lowest BCUT2D eigenvalue weighted by atomic mass is 10.2. The van der Waals surface area contributed by atoms with Crippen LogP contribution in [0.2, 0.25) is 0 Å². The Bertz CT molecular complexity index is 1050. The third kappa shape index (κ3) is 6.58. The molecule has 0 saturated heterocycles. The Morgan fingerprint density at radius 2 is 1.72 bits per heavy atom. The number of nitrogens with zero attached hydrogens (tertiary/aromatic N) is 2. The zero-order valence-electron chi connectivity index (χ0n) is 18.0. The van der Waals surface area contributed by atoms with Gasteiger partial charge in [0.25, 0.3) is 5.91 Å². The van der Waals surface area contributed by atoms with Crippen molar-refractivity contribution in [3.8, 4) is 0 Å². The molecule has 0 fully saturated rings. The van der Waals surface area contributed by atoms with Crippen LogP contribution in [0.3, 0.4) is 0 Å². The number of benzene rings is 1. The summed E-state index contributed by atoms with van der Waals surface area (Å²) in [5.41, 5.74) is 0.595. The molecule has 2 aromatic rings. The molecule has 1 N–H and O–H groups in total. The fourth-order valence-electron chi connectivity index (χ4n) is 2.61. The summed E-state index contributed by atoms with van der Waals surface area (Å²) in [7, 11) is -3.62. The molecular formula is C20H25N3O7S2. The number of amides is 1. The summed E-state index contributed by atoms with van der Waals surface area (Å²) in [6.45, 7) is 5.56. The number of carbonyl (C=O) groups excluding carboxylic acids is 3. The van der Waals surface area contributed by atoms with Gasteiger partial charge in [0.05, 0.1) is 17.2 Å². The average molecular weight is 484 g/mol. The Hall–Kier alpha value is -2.83. The highest BCUT2D eigenvalue weighted by Crippen LogP contribution is 2.16. The number of ether oxygens (including phenoxy) is 2. The third-order valence-electron chi connectivity index (χ3n) is 4.24. The third-order valence-corrected chi connectivity index (χ3v) is 7.17. The van der Waals surface area contributed by atoms with Crippen LogP contribution < -0.4 is 5.32 Å².